The summed E-state index contributed by atoms with van der Waals surface area (Å²) in [6.45, 7) is 2.00. The molecule has 100 valence electrons. The van der Waals surface area contributed by atoms with Crippen molar-refractivity contribution < 1.29 is 5.11 Å². The number of aromatic hydroxyl groups is 1. The van der Waals surface area contributed by atoms with Gasteiger partial charge in [-0.25, -0.2) is 4.98 Å². The molecule has 1 heterocycles. The Hall–Kier alpha value is -2.55. The van der Waals surface area contributed by atoms with E-state index in [1.807, 2.05) is 37.3 Å². The van der Waals surface area contributed by atoms with Gasteiger partial charge in [-0.1, -0.05) is 42.5 Å². The number of rotatable bonds is 3. The molecule has 1 aromatic heterocycles. The van der Waals surface area contributed by atoms with Gasteiger partial charge in [0.05, 0.1) is 5.69 Å². The normalized spacial score (nSPS) is 10.7. The second kappa shape index (κ2) is 5.21. The van der Waals surface area contributed by atoms with Gasteiger partial charge in [-0.15, -0.1) is 0 Å². The van der Waals surface area contributed by atoms with E-state index in [0.29, 0.717) is 0 Å². The standard InChI is InChI=1S/C17H16N2O/c1-12-17(14-8-5-9-15(20)11-14)19-16(18-12)10-13-6-3-2-4-7-13/h2-9,11,20H,10H2,1H3,(H,18,19). The summed E-state index contributed by atoms with van der Waals surface area (Å²) in [6, 6.07) is 17.4. The van der Waals surface area contributed by atoms with Crippen molar-refractivity contribution in [3.05, 3.63) is 71.7 Å². The fourth-order valence-electron chi connectivity index (χ4n) is 2.33. The van der Waals surface area contributed by atoms with Crippen LogP contribution in [0.25, 0.3) is 11.3 Å². The molecule has 0 atom stereocenters. The van der Waals surface area contributed by atoms with Crippen LogP contribution < -0.4 is 0 Å². The summed E-state index contributed by atoms with van der Waals surface area (Å²) >= 11 is 0. The lowest BCUT2D eigenvalue weighted by atomic mass is 10.1. The average Bonchev–Trinajstić information content (AvgIpc) is 2.81. The van der Waals surface area contributed by atoms with Gasteiger partial charge < -0.3 is 10.1 Å². The van der Waals surface area contributed by atoms with Crippen LogP contribution in [0.3, 0.4) is 0 Å². The Kier molecular flexibility index (Phi) is 3.25. The van der Waals surface area contributed by atoms with Gasteiger partial charge in [-0.05, 0) is 24.6 Å². The van der Waals surface area contributed by atoms with Gasteiger partial charge >= 0.3 is 0 Å². The molecular weight excluding hydrogens is 248 g/mol. The fraction of sp³-hybridized carbons (Fsp3) is 0.118. The summed E-state index contributed by atoms with van der Waals surface area (Å²) in [7, 11) is 0. The SMILES string of the molecule is Cc1[nH]c(Cc2ccccc2)nc1-c1cccc(O)c1. The molecule has 3 heteroatoms. The fourth-order valence-corrected chi connectivity index (χ4v) is 2.33. The Morgan fingerprint density at radius 2 is 1.85 bits per heavy atom. The maximum Gasteiger partial charge on any atom is 0.116 e. The lowest BCUT2D eigenvalue weighted by molar-refractivity contribution is 0.475. The third-order valence-corrected chi connectivity index (χ3v) is 3.27. The number of hydrogen-bond donors (Lipinski definition) is 2. The average molecular weight is 264 g/mol. The number of aromatic amines is 1. The Labute approximate surface area is 117 Å². The van der Waals surface area contributed by atoms with Gasteiger partial charge in [0.2, 0.25) is 0 Å². The highest BCUT2D eigenvalue weighted by Crippen LogP contribution is 2.25. The number of hydrogen-bond acceptors (Lipinski definition) is 2. The largest absolute Gasteiger partial charge is 0.508 e. The molecule has 3 rings (SSSR count). The first-order valence-corrected chi connectivity index (χ1v) is 6.61. The van der Waals surface area contributed by atoms with Crippen molar-refractivity contribution in [2.75, 3.05) is 0 Å². The van der Waals surface area contributed by atoms with Crippen LogP contribution >= 0.6 is 0 Å². The topological polar surface area (TPSA) is 48.9 Å². The number of benzene rings is 2. The minimum absolute atomic E-state index is 0.259. The van der Waals surface area contributed by atoms with Gasteiger partial charge in [0.1, 0.15) is 11.6 Å². The number of nitrogens with one attached hydrogen (secondary N) is 1. The zero-order valence-corrected chi connectivity index (χ0v) is 11.3. The number of aryl methyl sites for hydroxylation is 1. The van der Waals surface area contributed by atoms with Crippen molar-refractivity contribution in [2.24, 2.45) is 0 Å². The van der Waals surface area contributed by atoms with Crippen LogP contribution in [0, 0.1) is 6.92 Å². The maximum atomic E-state index is 9.57. The number of H-pyrrole nitrogens is 1. The Balaban J connectivity index is 1.91. The predicted octanol–water partition coefficient (Wildman–Crippen LogP) is 3.68. The molecule has 3 nitrogen and oxygen atoms in total. The lowest BCUT2D eigenvalue weighted by Gasteiger charge is -1.99. The highest BCUT2D eigenvalue weighted by Gasteiger charge is 2.09. The quantitative estimate of drug-likeness (QED) is 0.758. The number of phenols is 1. The van der Waals surface area contributed by atoms with Crippen LogP contribution in [-0.4, -0.2) is 15.1 Å². The van der Waals surface area contributed by atoms with Gasteiger partial charge in [-0.3, -0.25) is 0 Å². The second-order valence-corrected chi connectivity index (χ2v) is 4.87. The second-order valence-electron chi connectivity index (χ2n) is 4.87. The van der Waals surface area contributed by atoms with Crippen LogP contribution in [0.2, 0.25) is 0 Å². The van der Waals surface area contributed by atoms with Crippen LogP contribution in [-0.2, 0) is 6.42 Å². The molecule has 0 fully saturated rings. The summed E-state index contributed by atoms with van der Waals surface area (Å²) in [5, 5.41) is 9.57. The first-order chi connectivity index (χ1) is 9.72. The smallest absolute Gasteiger partial charge is 0.116 e. The summed E-state index contributed by atoms with van der Waals surface area (Å²) in [5.41, 5.74) is 4.06. The van der Waals surface area contributed by atoms with Gasteiger partial charge in [-0.2, -0.15) is 0 Å². The molecule has 2 N–H and O–H groups in total. The lowest BCUT2D eigenvalue weighted by Crippen LogP contribution is -1.90. The van der Waals surface area contributed by atoms with Crippen LogP contribution in [0.15, 0.2) is 54.6 Å². The van der Waals surface area contributed by atoms with E-state index in [2.05, 4.69) is 22.1 Å². The van der Waals surface area contributed by atoms with Crippen LogP contribution in [0.4, 0.5) is 0 Å². The molecule has 0 aliphatic rings. The molecule has 0 aliphatic heterocycles. The summed E-state index contributed by atoms with van der Waals surface area (Å²) < 4.78 is 0. The number of aromatic nitrogens is 2. The van der Waals surface area contributed by atoms with Crippen molar-refractivity contribution >= 4 is 0 Å². The van der Waals surface area contributed by atoms with Crippen molar-refractivity contribution in [2.45, 2.75) is 13.3 Å². The predicted molar refractivity (Wildman–Crippen MR) is 79.7 cm³/mol. The molecule has 0 aliphatic carbocycles. The summed E-state index contributed by atoms with van der Waals surface area (Å²) in [5.74, 6) is 1.20. The molecule has 0 saturated carbocycles. The van der Waals surface area contributed by atoms with E-state index in [0.717, 1.165) is 29.2 Å². The molecule has 0 spiro atoms. The Morgan fingerprint density at radius 3 is 2.60 bits per heavy atom. The van der Waals surface area contributed by atoms with E-state index in [1.165, 1.54) is 5.56 Å². The number of nitrogens with zero attached hydrogens (tertiary/aromatic N) is 1. The van der Waals surface area contributed by atoms with Gasteiger partial charge in [0.25, 0.3) is 0 Å². The van der Waals surface area contributed by atoms with E-state index in [1.54, 1.807) is 12.1 Å². The zero-order valence-electron chi connectivity index (χ0n) is 11.3. The monoisotopic (exact) mass is 264 g/mol. The van der Waals surface area contributed by atoms with E-state index in [4.69, 9.17) is 0 Å². The van der Waals surface area contributed by atoms with Crippen molar-refractivity contribution in [1.82, 2.24) is 9.97 Å². The first-order valence-electron chi connectivity index (χ1n) is 6.61. The maximum absolute atomic E-state index is 9.57. The van der Waals surface area contributed by atoms with Crippen molar-refractivity contribution in [1.29, 1.82) is 0 Å². The molecular formula is C17H16N2O. The molecule has 20 heavy (non-hydrogen) atoms. The third kappa shape index (κ3) is 2.57. The van der Waals surface area contributed by atoms with E-state index >= 15 is 0 Å². The minimum atomic E-state index is 0.259. The highest BCUT2D eigenvalue weighted by molar-refractivity contribution is 5.63. The van der Waals surface area contributed by atoms with Crippen molar-refractivity contribution in [3.63, 3.8) is 0 Å². The first kappa shape index (κ1) is 12.5. The van der Waals surface area contributed by atoms with E-state index in [9.17, 15) is 5.11 Å². The van der Waals surface area contributed by atoms with Crippen LogP contribution in [0.5, 0.6) is 5.75 Å². The summed E-state index contributed by atoms with van der Waals surface area (Å²) in [4.78, 5) is 7.97. The number of imidazole rings is 1. The zero-order chi connectivity index (χ0) is 13.9. The molecule has 0 bridgehead atoms. The third-order valence-electron chi connectivity index (χ3n) is 3.27. The molecule has 0 radical (unpaired) electrons. The molecule has 2 aromatic carbocycles. The molecule has 3 aromatic rings. The van der Waals surface area contributed by atoms with Gasteiger partial charge in [0.15, 0.2) is 0 Å². The highest BCUT2D eigenvalue weighted by atomic mass is 16.3. The van der Waals surface area contributed by atoms with E-state index < -0.39 is 0 Å². The minimum Gasteiger partial charge on any atom is -0.508 e. The van der Waals surface area contributed by atoms with E-state index in [-0.39, 0.29) is 5.75 Å². The van der Waals surface area contributed by atoms with Crippen molar-refractivity contribution in [3.8, 4) is 17.0 Å². The Bertz CT molecular complexity index is 717. The van der Waals surface area contributed by atoms with Gasteiger partial charge in [0, 0.05) is 17.7 Å². The summed E-state index contributed by atoms with van der Waals surface area (Å²) in [6.07, 6.45) is 0.778. The Morgan fingerprint density at radius 1 is 1.05 bits per heavy atom. The molecule has 0 unspecified atom stereocenters. The van der Waals surface area contributed by atoms with Crippen LogP contribution in [0.1, 0.15) is 17.1 Å². The molecule has 0 saturated heterocycles. The molecule has 0 amide bonds. The number of phenolic OH excluding ortho intramolecular Hbond substituents is 1.